The molecule has 1 saturated heterocycles. The summed E-state index contributed by atoms with van der Waals surface area (Å²) in [5, 5.41) is 12.2. The lowest BCUT2D eigenvalue weighted by atomic mass is 9.78. The van der Waals surface area contributed by atoms with E-state index >= 15 is 0 Å². The molecule has 2 atom stereocenters. The van der Waals surface area contributed by atoms with Crippen molar-refractivity contribution >= 4 is 23.5 Å². The first-order valence-corrected chi connectivity index (χ1v) is 8.96. The number of carbonyl (C=O) groups excluding carboxylic acids is 2. The number of carbonyl (C=O) groups is 3. The molecule has 1 aliphatic heterocycles. The van der Waals surface area contributed by atoms with Gasteiger partial charge in [0.15, 0.2) is 0 Å². The van der Waals surface area contributed by atoms with Gasteiger partial charge in [0.25, 0.3) is 0 Å². The molecule has 6 heteroatoms. The zero-order valence-electron chi connectivity index (χ0n) is 14.2. The highest BCUT2D eigenvalue weighted by molar-refractivity contribution is 5.95. The highest BCUT2D eigenvalue weighted by Crippen LogP contribution is 2.30. The minimum Gasteiger partial charge on any atom is -0.481 e. The molecule has 2 fully saturated rings. The largest absolute Gasteiger partial charge is 0.481 e. The number of amides is 2. The van der Waals surface area contributed by atoms with Crippen LogP contribution in [0.25, 0.3) is 0 Å². The number of nitrogens with zero attached hydrogens (tertiary/aromatic N) is 1. The Morgan fingerprint density at radius 3 is 2.36 bits per heavy atom. The summed E-state index contributed by atoms with van der Waals surface area (Å²) in [6, 6.07) is 7.59. The van der Waals surface area contributed by atoms with E-state index in [9.17, 15) is 19.5 Å². The first-order valence-electron chi connectivity index (χ1n) is 8.96. The normalized spacial score (nSPS) is 23.5. The topological polar surface area (TPSA) is 86.7 Å². The Morgan fingerprint density at radius 2 is 1.76 bits per heavy atom. The number of carboxylic acid groups (broad SMARTS) is 1. The third-order valence-electron chi connectivity index (χ3n) is 5.21. The maximum atomic E-state index is 12.4. The molecule has 1 saturated carbocycles. The van der Waals surface area contributed by atoms with Gasteiger partial charge < -0.3 is 15.3 Å². The third-order valence-corrected chi connectivity index (χ3v) is 5.21. The molecule has 6 nitrogen and oxygen atoms in total. The molecule has 2 N–H and O–H groups in total. The Kier molecular flexibility index (Phi) is 5.36. The number of nitrogens with one attached hydrogen (secondary N) is 1. The molecule has 0 radical (unpaired) electrons. The van der Waals surface area contributed by atoms with Gasteiger partial charge in [-0.3, -0.25) is 14.4 Å². The van der Waals surface area contributed by atoms with Crippen LogP contribution in [0.4, 0.5) is 5.69 Å². The highest BCUT2D eigenvalue weighted by Gasteiger charge is 2.35. The van der Waals surface area contributed by atoms with Gasteiger partial charge in [0.1, 0.15) is 0 Å². The van der Waals surface area contributed by atoms with Gasteiger partial charge >= 0.3 is 5.97 Å². The van der Waals surface area contributed by atoms with Crippen molar-refractivity contribution in [2.45, 2.75) is 45.1 Å². The second kappa shape index (κ2) is 7.68. The summed E-state index contributed by atoms with van der Waals surface area (Å²) < 4.78 is 0. The van der Waals surface area contributed by atoms with Gasteiger partial charge in [-0.15, -0.1) is 0 Å². The average molecular weight is 344 g/mol. The Bertz CT molecular complexity index is 656. The maximum Gasteiger partial charge on any atom is 0.307 e. The fraction of sp³-hybridized carbons (Fsp3) is 0.526. The summed E-state index contributed by atoms with van der Waals surface area (Å²) in [6.07, 6.45) is 4.48. The summed E-state index contributed by atoms with van der Waals surface area (Å²) >= 11 is 0. The van der Waals surface area contributed by atoms with Gasteiger partial charge in [0.2, 0.25) is 11.8 Å². The van der Waals surface area contributed by atoms with Crippen molar-refractivity contribution in [3.05, 3.63) is 29.8 Å². The lowest BCUT2D eigenvalue weighted by molar-refractivity contribution is -0.148. The van der Waals surface area contributed by atoms with E-state index in [2.05, 4.69) is 5.32 Å². The monoisotopic (exact) mass is 344 g/mol. The van der Waals surface area contributed by atoms with Crippen molar-refractivity contribution in [2.75, 3.05) is 11.4 Å². The predicted molar refractivity (Wildman–Crippen MR) is 93.0 cm³/mol. The van der Waals surface area contributed by atoms with E-state index in [1.807, 2.05) is 24.3 Å². The molecule has 0 unspecified atom stereocenters. The van der Waals surface area contributed by atoms with Crippen LogP contribution in [-0.2, 0) is 20.9 Å². The van der Waals surface area contributed by atoms with Gasteiger partial charge in [0.05, 0.1) is 11.8 Å². The summed E-state index contributed by atoms with van der Waals surface area (Å²) in [5.41, 5.74) is 1.82. The molecule has 3 rings (SSSR count). The molecule has 1 heterocycles. The van der Waals surface area contributed by atoms with E-state index < -0.39 is 17.8 Å². The molecule has 0 bridgehead atoms. The molecule has 134 valence electrons. The van der Waals surface area contributed by atoms with Gasteiger partial charge in [-0.2, -0.15) is 0 Å². The van der Waals surface area contributed by atoms with Crippen LogP contribution in [0.15, 0.2) is 24.3 Å². The average Bonchev–Trinajstić information content (AvgIpc) is 3.06. The summed E-state index contributed by atoms with van der Waals surface area (Å²) in [6.45, 7) is 1.13. The number of carboxylic acids is 1. The van der Waals surface area contributed by atoms with Crippen LogP contribution in [-0.4, -0.2) is 29.4 Å². The zero-order chi connectivity index (χ0) is 17.8. The van der Waals surface area contributed by atoms with Gasteiger partial charge in [0, 0.05) is 25.2 Å². The first-order chi connectivity index (χ1) is 12.1. The third kappa shape index (κ3) is 4.00. The second-order valence-electron chi connectivity index (χ2n) is 6.87. The fourth-order valence-electron chi connectivity index (χ4n) is 3.78. The van der Waals surface area contributed by atoms with E-state index in [-0.39, 0.29) is 11.8 Å². The minimum absolute atomic E-state index is 0.151. The first kappa shape index (κ1) is 17.5. The van der Waals surface area contributed by atoms with Gasteiger partial charge in [-0.1, -0.05) is 25.0 Å². The van der Waals surface area contributed by atoms with E-state index in [0.717, 1.165) is 37.1 Å². The molecule has 1 aromatic carbocycles. The molecule has 1 aliphatic carbocycles. The number of hydrogen-bond acceptors (Lipinski definition) is 3. The van der Waals surface area contributed by atoms with Crippen molar-refractivity contribution in [3.63, 3.8) is 0 Å². The van der Waals surface area contributed by atoms with Crippen molar-refractivity contribution in [1.29, 1.82) is 0 Å². The molecule has 0 aromatic heterocycles. The standard InChI is InChI=1S/C19H24N2O4/c22-17-6-3-11-21(17)14-9-7-13(8-10-14)12-20-18(23)15-4-1-2-5-16(15)19(24)25/h7-10,15-16H,1-6,11-12H2,(H,20,23)(H,24,25)/t15-,16-/m0/s1. The Hall–Kier alpha value is -2.37. The van der Waals surface area contributed by atoms with Crippen LogP contribution in [0.3, 0.4) is 0 Å². The number of anilines is 1. The zero-order valence-corrected chi connectivity index (χ0v) is 14.2. The fourth-order valence-corrected chi connectivity index (χ4v) is 3.78. The lowest BCUT2D eigenvalue weighted by Gasteiger charge is -2.27. The molecular weight excluding hydrogens is 320 g/mol. The van der Waals surface area contributed by atoms with Gasteiger partial charge in [-0.05, 0) is 37.0 Å². The number of benzene rings is 1. The van der Waals surface area contributed by atoms with E-state index in [4.69, 9.17) is 0 Å². The van der Waals surface area contributed by atoms with Crippen molar-refractivity contribution in [1.82, 2.24) is 5.32 Å². The molecule has 25 heavy (non-hydrogen) atoms. The van der Waals surface area contributed by atoms with Gasteiger partial charge in [-0.25, -0.2) is 0 Å². The summed E-state index contributed by atoms with van der Waals surface area (Å²) in [5.74, 6) is -1.91. The quantitative estimate of drug-likeness (QED) is 0.858. The Morgan fingerprint density at radius 1 is 1.08 bits per heavy atom. The minimum atomic E-state index is -0.875. The SMILES string of the molecule is O=C(O)[C@H]1CCCC[C@@H]1C(=O)NCc1ccc(N2CCCC2=O)cc1. The highest BCUT2D eigenvalue weighted by atomic mass is 16.4. The van der Waals surface area contributed by atoms with Crippen molar-refractivity contribution in [2.24, 2.45) is 11.8 Å². The van der Waals surface area contributed by atoms with Crippen LogP contribution in [0.2, 0.25) is 0 Å². The molecular formula is C19H24N2O4. The van der Waals surface area contributed by atoms with Crippen LogP contribution in [0.1, 0.15) is 44.1 Å². The number of rotatable bonds is 5. The van der Waals surface area contributed by atoms with Crippen molar-refractivity contribution < 1.29 is 19.5 Å². The Balaban J connectivity index is 1.56. The maximum absolute atomic E-state index is 12.4. The lowest BCUT2D eigenvalue weighted by Crippen LogP contribution is -2.39. The molecule has 1 aromatic rings. The predicted octanol–water partition coefficient (Wildman–Crippen LogP) is 2.32. The smallest absolute Gasteiger partial charge is 0.307 e. The number of hydrogen-bond donors (Lipinski definition) is 2. The number of aliphatic carboxylic acids is 1. The molecule has 2 aliphatic rings. The van der Waals surface area contributed by atoms with Crippen molar-refractivity contribution in [3.8, 4) is 0 Å². The van der Waals surface area contributed by atoms with E-state index in [1.165, 1.54) is 0 Å². The van der Waals surface area contributed by atoms with Crippen LogP contribution in [0.5, 0.6) is 0 Å². The molecule has 0 spiro atoms. The summed E-state index contributed by atoms with van der Waals surface area (Å²) in [7, 11) is 0. The van der Waals surface area contributed by atoms with Crippen LogP contribution in [0, 0.1) is 11.8 Å². The van der Waals surface area contributed by atoms with Crippen LogP contribution >= 0.6 is 0 Å². The summed E-state index contributed by atoms with van der Waals surface area (Å²) in [4.78, 5) is 37.2. The molecule has 2 amide bonds. The second-order valence-corrected chi connectivity index (χ2v) is 6.87. The Labute approximate surface area is 147 Å². The van der Waals surface area contributed by atoms with E-state index in [0.29, 0.717) is 25.8 Å². The van der Waals surface area contributed by atoms with Crippen LogP contribution < -0.4 is 10.2 Å². The van der Waals surface area contributed by atoms with E-state index in [1.54, 1.807) is 4.90 Å².